The lowest BCUT2D eigenvalue weighted by atomic mass is 9.70. The van der Waals surface area contributed by atoms with E-state index in [0.717, 1.165) is 41.7 Å². The van der Waals surface area contributed by atoms with E-state index in [4.69, 9.17) is 9.72 Å². The predicted molar refractivity (Wildman–Crippen MR) is 128 cm³/mol. The van der Waals surface area contributed by atoms with Gasteiger partial charge in [0.1, 0.15) is 11.6 Å². The van der Waals surface area contributed by atoms with E-state index in [-0.39, 0.29) is 17.2 Å². The van der Waals surface area contributed by atoms with Gasteiger partial charge < -0.3 is 14.0 Å². The normalized spacial score (nSPS) is 20.1. The van der Waals surface area contributed by atoms with Gasteiger partial charge in [-0.3, -0.25) is 0 Å². The molecule has 0 amide bonds. The summed E-state index contributed by atoms with van der Waals surface area (Å²) < 4.78 is 48.8. The molecule has 1 aromatic heterocycles. The van der Waals surface area contributed by atoms with Crippen LogP contribution in [0.2, 0.25) is 0 Å². The molecule has 0 bridgehead atoms. The Labute approximate surface area is 203 Å². The summed E-state index contributed by atoms with van der Waals surface area (Å²) in [6.45, 7) is 8.73. The highest BCUT2D eigenvalue weighted by Gasteiger charge is 2.35. The number of carbonyl (C=O) groups excluding carboxylic acids is 1. The number of aryl methyl sites for hydroxylation is 1. The second-order valence-corrected chi connectivity index (χ2v) is 10.5. The number of hydrogen-bond acceptors (Lipinski definition) is 4. The molecule has 0 saturated heterocycles. The number of esters is 1. The largest absolute Gasteiger partial charge is 0.573 e. The Morgan fingerprint density at radius 3 is 2.46 bits per heavy atom. The molecule has 8 heteroatoms. The molecule has 4 rings (SSSR count). The topological polar surface area (TPSA) is 53.4 Å². The maximum atomic E-state index is 12.5. The third-order valence-electron chi connectivity index (χ3n) is 6.76. The summed E-state index contributed by atoms with van der Waals surface area (Å²) in [5.74, 6) is 0.702. The Hall–Kier alpha value is -3.03. The van der Waals surface area contributed by atoms with Gasteiger partial charge in [-0.25, -0.2) is 9.78 Å². The first-order valence-electron chi connectivity index (χ1n) is 11.8. The van der Waals surface area contributed by atoms with E-state index < -0.39 is 12.3 Å². The van der Waals surface area contributed by atoms with Crippen molar-refractivity contribution in [3.63, 3.8) is 0 Å². The lowest BCUT2D eigenvalue weighted by Crippen LogP contribution is -2.30. The van der Waals surface area contributed by atoms with E-state index in [0.29, 0.717) is 23.4 Å². The van der Waals surface area contributed by atoms with E-state index in [1.54, 1.807) is 18.2 Å². The molecule has 0 spiro atoms. The first-order chi connectivity index (χ1) is 16.3. The number of imidazole rings is 1. The standard InChI is InChI=1S/C27H31F3N2O3/c1-16-10-19(15-26(3,4)14-16)32-23-11-17(2)21(25(33)34-5)13-22(23)31-24(32)12-18-6-8-20(9-7-18)35-27(28,29)30/h6-9,11,13,16,19H,10,12,14-15H2,1-5H3/t16-,19+/m0/s1. The summed E-state index contributed by atoms with van der Waals surface area (Å²) in [4.78, 5) is 17.2. The first kappa shape index (κ1) is 25.1. The number of ether oxygens (including phenoxy) is 2. The molecule has 1 fully saturated rings. The lowest BCUT2D eigenvalue weighted by molar-refractivity contribution is -0.274. The Kier molecular flexibility index (Phi) is 6.60. The van der Waals surface area contributed by atoms with Crippen molar-refractivity contribution < 1.29 is 27.4 Å². The molecule has 1 heterocycles. The zero-order chi connectivity index (χ0) is 25.5. The molecule has 5 nitrogen and oxygen atoms in total. The van der Waals surface area contributed by atoms with E-state index in [2.05, 4.69) is 30.1 Å². The molecule has 1 saturated carbocycles. The number of nitrogens with zero attached hydrogens (tertiary/aromatic N) is 2. The van der Waals surface area contributed by atoms with E-state index >= 15 is 0 Å². The molecule has 0 radical (unpaired) electrons. The minimum absolute atomic E-state index is 0.174. The van der Waals surface area contributed by atoms with Crippen LogP contribution in [0.5, 0.6) is 5.75 Å². The second kappa shape index (κ2) is 9.21. The van der Waals surface area contributed by atoms with Gasteiger partial charge in [-0.05, 0) is 72.9 Å². The number of benzene rings is 2. The third kappa shape index (κ3) is 5.63. The smallest absolute Gasteiger partial charge is 0.465 e. The van der Waals surface area contributed by atoms with Crippen molar-refractivity contribution in [1.82, 2.24) is 9.55 Å². The van der Waals surface area contributed by atoms with Crippen LogP contribution in [0.1, 0.15) is 73.4 Å². The van der Waals surface area contributed by atoms with Crippen LogP contribution in [-0.4, -0.2) is 29.0 Å². The number of hydrogen-bond donors (Lipinski definition) is 0. The van der Waals surface area contributed by atoms with Crippen molar-refractivity contribution in [2.24, 2.45) is 11.3 Å². The van der Waals surface area contributed by atoms with Gasteiger partial charge in [-0.2, -0.15) is 0 Å². The zero-order valence-electron chi connectivity index (χ0n) is 20.7. The summed E-state index contributed by atoms with van der Waals surface area (Å²) in [5.41, 5.74) is 3.95. The summed E-state index contributed by atoms with van der Waals surface area (Å²) >= 11 is 0. The van der Waals surface area contributed by atoms with E-state index in [9.17, 15) is 18.0 Å². The maximum Gasteiger partial charge on any atom is 0.573 e. The fourth-order valence-electron chi connectivity index (χ4n) is 5.64. The molecule has 0 unspecified atom stereocenters. The number of halogens is 3. The Morgan fingerprint density at radius 1 is 1.17 bits per heavy atom. The molecular formula is C27H31F3N2O3. The van der Waals surface area contributed by atoms with Gasteiger partial charge in [0.05, 0.1) is 23.7 Å². The highest BCUT2D eigenvalue weighted by Crippen LogP contribution is 2.45. The van der Waals surface area contributed by atoms with Gasteiger partial charge in [0.2, 0.25) is 0 Å². The van der Waals surface area contributed by atoms with Crippen LogP contribution in [0.4, 0.5) is 13.2 Å². The number of fused-ring (bicyclic) bond motifs is 1. The summed E-state index contributed by atoms with van der Waals surface area (Å²) in [7, 11) is 1.35. The first-order valence-corrected chi connectivity index (χ1v) is 11.8. The number of aromatic nitrogens is 2. The van der Waals surface area contributed by atoms with Crippen molar-refractivity contribution >= 4 is 17.0 Å². The number of carbonyl (C=O) groups is 1. The third-order valence-corrected chi connectivity index (χ3v) is 6.76. The van der Waals surface area contributed by atoms with Crippen molar-refractivity contribution in [3.05, 3.63) is 58.9 Å². The quantitative estimate of drug-likeness (QED) is 0.363. The monoisotopic (exact) mass is 488 g/mol. The van der Waals surface area contributed by atoms with Crippen molar-refractivity contribution in [2.45, 2.75) is 65.8 Å². The van der Waals surface area contributed by atoms with Crippen LogP contribution in [0, 0.1) is 18.3 Å². The lowest BCUT2D eigenvalue weighted by Gasteiger charge is -2.40. The molecule has 0 N–H and O–H groups in total. The Morgan fingerprint density at radius 2 is 1.86 bits per heavy atom. The van der Waals surface area contributed by atoms with Gasteiger partial charge >= 0.3 is 12.3 Å². The van der Waals surface area contributed by atoms with Gasteiger partial charge in [0.15, 0.2) is 0 Å². The average molecular weight is 489 g/mol. The molecule has 1 aliphatic rings. The van der Waals surface area contributed by atoms with Crippen LogP contribution in [0.15, 0.2) is 36.4 Å². The molecular weight excluding hydrogens is 457 g/mol. The Bertz CT molecular complexity index is 1230. The highest BCUT2D eigenvalue weighted by molar-refractivity contribution is 5.95. The molecule has 1 aliphatic carbocycles. The van der Waals surface area contributed by atoms with Crippen molar-refractivity contribution in [3.8, 4) is 5.75 Å². The van der Waals surface area contributed by atoms with Crippen LogP contribution < -0.4 is 4.74 Å². The fraction of sp³-hybridized carbons (Fsp3) is 0.481. The highest BCUT2D eigenvalue weighted by atomic mass is 19.4. The van der Waals surface area contributed by atoms with E-state index in [1.165, 1.54) is 19.2 Å². The van der Waals surface area contributed by atoms with Gasteiger partial charge in [0.25, 0.3) is 0 Å². The second-order valence-electron chi connectivity index (χ2n) is 10.5. The number of methoxy groups -OCH3 is 1. The van der Waals surface area contributed by atoms with Gasteiger partial charge in [-0.1, -0.05) is 32.9 Å². The SMILES string of the molecule is COC(=O)c1cc2nc(Cc3ccc(OC(F)(F)F)cc3)n([C@@H]3C[C@H](C)CC(C)(C)C3)c2cc1C. The van der Waals surface area contributed by atoms with Gasteiger partial charge in [-0.15, -0.1) is 13.2 Å². The number of alkyl halides is 3. The van der Waals surface area contributed by atoms with Crippen LogP contribution >= 0.6 is 0 Å². The molecule has 0 aliphatic heterocycles. The van der Waals surface area contributed by atoms with Gasteiger partial charge in [0, 0.05) is 12.5 Å². The fourth-order valence-corrected chi connectivity index (χ4v) is 5.64. The molecule has 35 heavy (non-hydrogen) atoms. The van der Waals surface area contributed by atoms with Crippen LogP contribution in [0.3, 0.4) is 0 Å². The summed E-state index contributed by atoms with van der Waals surface area (Å²) in [5, 5.41) is 0. The van der Waals surface area contributed by atoms with Crippen molar-refractivity contribution in [2.75, 3.05) is 7.11 Å². The summed E-state index contributed by atoms with van der Waals surface area (Å²) in [6.07, 6.45) is -1.13. The molecule has 2 atom stereocenters. The molecule has 188 valence electrons. The Balaban J connectivity index is 1.77. The average Bonchev–Trinajstić information content (AvgIpc) is 3.08. The minimum atomic E-state index is -4.73. The number of rotatable bonds is 5. The summed E-state index contributed by atoms with van der Waals surface area (Å²) in [6, 6.07) is 9.89. The van der Waals surface area contributed by atoms with E-state index in [1.807, 2.05) is 13.0 Å². The predicted octanol–water partition coefficient (Wildman–Crippen LogP) is 7.01. The minimum Gasteiger partial charge on any atom is -0.465 e. The molecule has 3 aromatic rings. The molecule has 2 aromatic carbocycles. The zero-order valence-corrected chi connectivity index (χ0v) is 20.7. The van der Waals surface area contributed by atoms with Crippen molar-refractivity contribution in [1.29, 1.82) is 0 Å². The van der Waals surface area contributed by atoms with Crippen LogP contribution in [0.25, 0.3) is 11.0 Å². The maximum absolute atomic E-state index is 12.5. The van der Waals surface area contributed by atoms with Crippen LogP contribution in [-0.2, 0) is 11.2 Å².